The highest BCUT2D eigenvalue weighted by Gasteiger charge is 2.07. The number of fused-ring (bicyclic) bond motifs is 2. The van der Waals surface area contributed by atoms with Gasteiger partial charge in [0.15, 0.2) is 0 Å². The maximum absolute atomic E-state index is 11.6. The van der Waals surface area contributed by atoms with Gasteiger partial charge in [-0.25, -0.2) is 9.59 Å². The summed E-state index contributed by atoms with van der Waals surface area (Å²) in [4.78, 5) is 25.1. The lowest BCUT2D eigenvalue weighted by molar-refractivity contribution is 0.559. The molecule has 130 valence electrons. The van der Waals surface area contributed by atoms with Crippen molar-refractivity contribution < 1.29 is 8.83 Å². The molecule has 4 nitrogen and oxygen atoms in total. The summed E-state index contributed by atoms with van der Waals surface area (Å²) in [7, 11) is 3.18. The molecule has 0 spiro atoms. The summed E-state index contributed by atoms with van der Waals surface area (Å²) in [6, 6.07) is 14.6. The van der Waals surface area contributed by atoms with Crippen molar-refractivity contribution in [2.75, 3.05) is 0 Å². The molecule has 0 unspecified atom stereocenters. The van der Waals surface area contributed by atoms with Gasteiger partial charge in [0.05, 0.1) is 0 Å². The van der Waals surface area contributed by atoms with Crippen LogP contribution in [0.15, 0.2) is 76.7 Å². The summed E-state index contributed by atoms with van der Waals surface area (Å²) in [6.45, 7) is 3.80. The topological polar surface area (TPSA) is 60.4 Å². The molecule has 26 heavy (non-hydrogen) atoms. The van der Waals surface area contributed by atoms with Crippen LogP contribution in [-0.4, -0.2) is 0 Å². The highest BCUT2D eigenvalue weighted by Crippen LogP contribution is 2.39. The Morgan fingerprint density at radius 2 is 1.23 bits per heavy atom. The van der Waals surface area contributed by atoms with Crippen molar-refractivity contribution in [3.8, 4) is 0 Å². The second kappa shape index (κ2) is 6.70. The van der Waals surface area contributed by atoms with Crippen molar-refractivity contribution in [1.82, 2.24) is 0 Å². The Morgan fingerprint density at radius 3 is 1.96 bits per heavy atom. The van der Waals surface area contributed by atoms with E-state index in [-0.39, 0.29) is 11.3 Å². The predicted molar refractivity (Wildman–Crippen MR) is 106 cm³/mol. The van der Waals surface area contributed by atoms with Crippen LogP contribution in [0.5, 0.6) is 0 Å². The first-order chi connectivity index (χ1) is 12.5. The van der Waals surface area contributed by atoms with Crippen LogP contribution < -0.4 is 11.3 Å². The summed E-state index contributed by atoms with van der Waals surface area (Å²) in [5.74, 6) is 0. The van der Waals surface area contributed by atoms with E-state index in [1.807, 2.05) is 50.2 Å². The van der Waals surface area contributed by atoms with Gasteiger partial charge in [-0.2, -0.15) is 0 Å². The Labute approximate surface area is 156 Å². The summed E-state index contributed by atoms with van der Waals surface area (Å²) >= 11 is 0. The molecule has 0 aliphatic heterocycles. The second-order valence-corrected chi connectivity index (χ2v) is 8.26. The minimum atomic E-state index is -0.337. The number of hydrogen-bond donors (Lipinski definition) is 0. The predicted octanol–water partition coefficient (Wildman–Crippen LogP) is 5.32. The zero-order valence-corrected chi connectivity index (χ0v) is 15.7. The van der Waals surface area contributed by atoms with Gasteiger partial charge in [0.1, 0.15) is 11.2 Å². The summed E-state index contributed by atoms with van der Waals surface area (Å²) in [6.07, 6.45) is 0. The number of rotatable bonds is 3. The van der Waals surface area contributed by atoms with E-state index in [1.165, 1.54) is 12.1 Å². The van der Waals surface area contributed by atoms with E-state index < -0.39 is 0 Å². The van der Waals surface area contributed by atoms with Crippen LogP contribution in [0.25, 0.3) is 21.9 Å². The maximum Gasteiger partial charge on any atom is 0.336 e. The quantitative estimate of drug-likeness (QED) is 0.353. The molecule has 6 heteroatoms. The molecule has 0 radical (unpaired) electrons. The minimum Gasteiger partial charge on any atom is -0.423 e. The highest BCUT2D eigenvalue weighted by atomic mass is 33.1. The third-order valence-corrected chi connectivity index (χ3v) is 6.46. The van der Waals surface area contributed by atoms with E-state index in [1.54, 1.807) is 21.6 Å². The van der Waals surface area contributed by atoms with Crippen molar-refractivity contribution in [3.05, 3.63) is 80.5 Å². The van der Waals surface area contributed by atoms with E-state index in [2.05, 4.69) is 0 Å². The molecule has 2 aromatic carbocycles. The zero-order valence-electron chi connectivity index (χ0n) is 14.1. The van der Waals surface area contributed by atoms with E-state index in [9.17, 15) is 9.59 Å². The van der Waals surface area contributed by atoms with Crippen LogP contribution in [0.4, 0.5) is 0 Å². The first kappa shape index (κ1) is 17.0. The third kappa shape index (κ3) is 3.30. The molecular weight excluding hydrogens is 368 g/mol. The fourth-order valence-electron chi connectivity index (χ4n) is 2.80. The Hall–Kier alpha value is -2.44. The van der Waals surface area contributed by atoms with Crippen LogP contribution in [0.1, 0.15) is 11.1 Å². The fraction of sp³-hybridized carbons (Fsp3) is 0.100. The number of benzene rings is 2. The molecule has 4 rings (SSSR count). The smallest absolute Gasteiger partial charge is 0.336 e. The Bertz CT molecular complexity index is 1250. The number of aryl methyl sites for hydroxylation is 2. The molecule has 0 saturated heterocycles. The Kier molecular flexibility index (Phi) is 4.38. The van der Waals surface area contributed by atoms with Crippen molar-refractivity contribution in [3.63, 3.8) is 0 Å². The van der Waals surface area contributed by atoms with E-state index in [4.69, 9.17) is 8.83 Å². The van der Waals surface area contributed by atoms with Gasteiger partial charge in [-0.05, 0) is 61.4 Å². The fourth-order valence-corrected chi connectivity index (χ4v) is 4.76. The summed E-state index contributed by atoms with van der Waals surface area (Å²) < 4.78 is 10.5. The van der Waals surface area contributed by atoms with Gasteiger partial charge in [0, 0.05) is 32.7 Å². The molecule has 2 aromatic heterocycles. The Morgan fingerprint density at radius 1 is 0.654 bits per heavy atom. The van der Waals surface area contributed by atoms with Crippen molar-refractivity contribution in [2.24, 2.45) is 0 Å². The van der Waals surface area contributed by atoms with Crippen LogP contribution in [0.2, 0.25) is 0 Å². The van der Waals surface area contributed by atoms with Crippen LogP contribution >= 0.6 is 21.6 Å². The van der Waals surface area contributed by atoms with Crippen LogP contribution in [-0.2, 0) is 0 Å². The van der Waals surface area contributed by atoms with Gasteiger partial charge in [-0.3, -0.25) is 0 Å². The summed E-state index contributed by atoms with van der Waals surface area (Å²) in [5.41, 5.74) is 2.32. The standard InChI is InChI=1S/C20H14O4S2/c1-11-7-20(22)24-18-10-14(3-5-15(11)18)26-25-13-4-6-17-16(9-13)12(2)8-19(21)23-17/h3-10H,1-2H3. The first-order valence-corrected chi connectivity index (χ1v) is 10.1. The van der Waals surface area contributed by atoms with Crippen LogP contribution in [0, 0.1) is 13.8 Å². The van der Waals surface area contributed by atoms with Gasteiger partial charge < -0.3 is 8.83 Å². The average Bonchev–Trinajstić information content (AvgIpc) is 2.59. The average molecular weight is 382 g/mol. The molecule has 4 aromatic rings. The first-order valence-electron chi connectivity index (χ1n) is 7.93. The molecule has 0 saturated carbocycles. The molecule has 0 aliphatic carbocycles. The van der Waals surface area contributed by atoms with Crippen LogP contribution in [0.3, 0.4) is 0 Å². The van der Waals surface area contributed by atoms with Crippen molar-refractivity contribution >= 4 is 43.5 Å². The highest BCUT2D eigenvalue weighted by molar-refractivity contribution is 8.76. The molecule has 0 N–H and O–H groups in total. The third-order valence-electron chi connectivity index (χ3n) is 4.08. The lowest BCUT2D eigenvalue weighted by Gasteiger charge is -2.06. The maximum atomic E-state index is 11.6. The van der Waals surface area contributed by atoms with Crippen molar-refractivity contribution in [1.29, 1.82) is 0 Å². The molecular formula is C20H14O4S2. The molecule has 2 heterocycles. The SMILES string of the molecule is Cc1cc(=O)oc2cc(SSc3ccc4oc(=O)cc(C)c4c3)ccc12. The molecule has 0 fully saturated rings. The zero-order chi connectivity index (χ0) is 18.3. The lowest BCUT2D eigenvalue weighted by atomic mass is 10.1. The van der Waals surface area contributed by atoms with Gasteiger partial charge in [0.2, 0.25) is 0 Å². The number of hydrogen-bond acceptors (Lipinski definition) is 6. The monoisotopic (exact) mass is 382 g/mol. The normalized spacial score (nSPS) is 11.3. The minimum absolute atomic E-state index is 0.335. The van der Waals surface area contributed by atoms with E-state index >= 15 is 0 Å². The van der Waals surface area contributed by atoms with Crippen molar-refractivity contribution in [2.45, 2.75) is 23.6 Å². The lowest BCUT2D eigenvalue weighted by Crippen LogP contribution is -1.97. The molecule has 0 aliphatic rings. The molecule has 0 amide bonds. The van der Waals surface area contributed by atoms with Gasteiger partial charge in [0.25, 0.3) is 0 Å². The Balaban J connectivity index is 1.62. The molecule has 0 bridgehead atoms. The summed E-state index contributed by atoms with van der Waals surface area (Å²) in [5, 5.41) is 1.87. The van der Waals surface area contributed by atoms with Gasteiger partial charge in [-0.1, -0.05) is 21.6 Å². The second-order valence-electron chi connectivity index (χ2n) is 5.98. The van der Waals surface area contributed by atoms with Gasteiger partial charge in [-0.15, -0.1) is 0 Å². The van der Waals surface area contributed by atoms with E-state index in [0.717, 1.165) is 31.7 Å². The molecule has 0 atom stereocenters. The van der Waals surface area contributed by atoms with E-state index in [0.29, 0.717) is 11.2 Å². The largest absolute Gasteiger partial charge is 0.423 e. The van der Waals surface area contributed by atoms with Gasteiger partial charge >= 0.3 is 11.3 Å².